The van der Waals surface area contributed by atoms with Crippen LogP contribution in [0.5, 0.6) is 0 Å². The van der Waals surface area contributed by atoms with Crippen molar-refractivity contribution in [1.29, 1.82) is 0 Å². The molecule has 1 unspecified atom stereocenters. The fourth-order valence-electron chi connectivity index (χ4n) is 4.78. The molecule has 0 saturated heterocycles. The summed E-state index contributed by atoms with van der Waals surface area (Å²) in [5.41, 5.74) is 0.487. The number of esters is 2. The molecule has 3 aromatic rings. The number of benzene rings is 2. The zero-order valence-corrected chi connectivity index (χ0v) is 28.1. The first kappa shape index (κ1) is 35.7. The minimum Gasteiger partial charge on any atom is -0.461 e. The second-order valence-electron chi connectivity index (χ2n) is 13.3. The molecule has 2 aromatic carbocycles. The molecule has 0 fully saturated rings. The number of ether oxygens (including phenoxy) is 4. The zero-order chi connectivity index (χ0) is 35.1. The molecule has 2 atom stereocenters. The number of nitrogens with one attached hydrogen (secondary N) is 1. The first-order valence-electron chi connectivity index (χ1n) is 15.6. The molecule has 1 aromatic heterocycles. The molecule has 1 aliphatic heterocycles. The largest absolute Gasteiger partial charge is 0.461 e. The van der Waals surface area contributed by atoms with Gasteiger partial charge in [0.15, 0.2) is 0 Å². The number of amides is 2. The SMILES string of the molecule is CC(C)(C)OC(=O)N1Cc2c(ncn2C(=O)OC(C)(C)C)CC1C(=O)N[C@@H](CC(=O)OCc1ccccc1)C(=O)OCc1ccccc1. The number of rotatable bonds is 9. The summed E-state index contributed by atoms with van der Waals surface area (Å²) in [7, 11) is 0. The van der Waals surface area contributed by atoms with E-state index in [1.54, 1.807) is 90.1 Å². The molecule has 13 heteroatoms. The van der Waals surface area contributed by atoms with E-state index in [2.05, 4.69) is 10.3 Å². The van der Waals surface area contributed by atoms with Crippen LogP contribution >= 0.6 is 0 Å². The van der Waals surface area contributed by atoms with Crippen LogP contribution in [0, 0.1) is 0 Å². The number of nitrogens with zero attached hydrogens (tertiary/aromatic N) is 3. The highest BCUT2D eigenvalue weighted by Gasteiger charge is 2.41. The van der Waals surface area contributed by atoms with Crippen molar-refractivity contribution in [2.45, 2.75) is 97.4 Å². The Morgan fingerprint density at radius 3 is 1.92 bits per heavy atom. The highest BCUT2D eigenvalue weighted by molar-refractivity contribution is 5.92. The van der Waals surface area contributed by atoms with Crippen molar-refractivity contribution in [3.63, 3.8) is 0 Å². The Hall–Kier alpha value is -5.20. The van der Waals surface area contributed by atoms with Gasteiger partial charge in [0.05, 0.1) is 24.4 Å². The van der Waals surface area contributed by atoms with Crippen LogP contribution in [0.4, 0.5) is 9.59 Å². The fraction of sp³-hybridized carbons (Fsp3) is 0.429. The molecule has 0 aliphatic carbocycles. The molecule has 2 heterocycles. The molecular formula is C35H42N4O9. The van der Waals surface area contributed by atoms with Crippen LogP contribution < -0.4 is 5.32 Å². The van der Waals surface area contributed by atoms with Crippen LogP contribution in [0.15, 0.2) is 67.0 Å². The first-order valence-corrected chi connectivity index (χ1v) is 15.6. The van der Waals surface area contributed by atoms with Crippen molar-refractivity contribution >= 4 is 30.0 Å². The molecule has 13 nitrogen and oxygen atoms in total. The van der Waals surface area contributed by atoms with Gasteiger partial charge in [-0.3, -0.25) is 14.5 Å². The van der Waals surface area contributed by atoms with Gasteiger partial charge in [0.25, 0.3) is 0 Å². The molecule has 2 amide bonds. The lowest BCUT2D eigenvalue weighted by Crippen LogP contribution is -2.57. The monoisotopic (exact) mass is 662 g/mol. The van der Waals surface area contributed by atoms with Crippen LogP contribution in [-0.2, 0) is 59.5 Å². The molecule has 0 saturated carbocycles. The van der Waals surface area contributed by atoms with Crippen LogP contribution in [0.2, 0.25) is 0 Å². The van der Waals surface area contributed by atoms with E-state index in [9.17, 15) is 24.0 Å². The fourth-order valence-corrected chi connectivity index (χ4v) is 4.78. The van der Waals surface area contributed by atoms with E-state index < -0.39 is 59.7 Å². The van der Waals surface area contributed by atoms with Crippen molar-refractivity contribution < 1.29 is 42.9 Å². The highest BCUT2D eigenvalue weighted by atomic mass is 16.6. The Labute approximate surface area is 279 Å². The molecule has 4 rings (SSSR count). The van der Waals surface area contributed by atoms with E-state index in [0.29, 0.717) is 17.0 Å². The topological polar surface area (TPSA) is 155 Å². The van der Waals surface area contributed by atoms with Gasteiger partial charge in [0.1, 0.15) is 42.8 Å². The van der Waals surface area contributed by atoms with Crippen molar-refractivity contribution in [2.75, 3.05) is 0 Å². The van der Waals surface area contributed by atoms with E-state index >= 15 is 0 Å². The number of hydrogen-bond donors (Lipinski definition) is 1. The van der Waals surface area contributed by atoms with Gasteiger partial charge in [0.2, 0.25) is 5.91 Å². The number of carbonyl (C=O) groups is 5. The molecule has 1 N–H and O–H groups in total. The molecule has 0 bridgehead atoms. The smallest absolute Gasteiger partial charge is 0.420 e. The summed E-state index contributed by atoms with van der Waals surface area (Å²) in [5.74, 6) is -2.36. The van der Waals surface area contributed by atoms with Gasteiger partial charge in [-0.15, -0.1) is 0 Å². The molecule has 48 heavy (non-hydrogen) atoms. The summed E-state index contributed by atoms with van der Waals surface area (Å²) < 4.78 is 23.1. The second kappa shape index (κ2) is 15.1. The maximum atomic E-state index is 13.9. The van der Waals surface area contributed by atoms with Crippen LogP contribution in [-0.4, -0.2) is 67.8 Å². The van der Waals surface area contributed by atoms with Gasteiger partial charge in [-0.2, -0.15) is 0 Å². The van der Waals surface area contributed by atoms with Crippen LogP contribution in [0.3, 0.4) is 0 Å². The zero-order valence-electron chi connectivity index (χ0n) is 28.1. The van der Waals surface area contributed by atoms with Crippen molar-refractivity contribution in [1.82, 2.24) is 19.8 Å². The number of hydrogen-bond acceptors (Lipinski definition) is 10. The van der Waals surface area contributed by atoms with Gasteiger partial charge < -0.3 is 24.3 Å². The van der Waals surface area contributed by atoms with E-state index in [4.69, 9.17) is 18.9 Å². The Balaban J connectivity index is 1.57. The van der Waals surface area contributed by atoms with Gasteiger partial charge >= 0.3 is 24.1 Å². The number of aromatic nitrogens is 2. The summed E-state index contributed by atoms with van der Waals surface area (Å²) in [4.78, 5) is 72.0. The van der Waals surface area contributed by atoms with Crippen LogP contribution in [0.1, 0.15) is 70.5 Å². The van der Waals surface area contributed by atoms with Crippen molar-refractivity contribution in [2.24, 2.45) is 0 Å². The summed E-state index contributed by atoms with van der Waals surface area (Å²) in [6, 6.07) is 15.3. The number of imidazole rings is 1. The van der Waals surface area contributed by atoms with E-state index in [1.807, 2.05) is 12.1 Å². The number of carbonyl (C=O) groups excluding carboxylic acids is 5. The minimum atomic E-state index is -1.44. The van der Waals surface area contributed by atoms with Gasteiger partial charge in [-0.05, 0) is 52.7 Å². The Morgan fingerprint density at radius 1 is 0.812 bits per heavy atom. The molecular weight excluding hydrogens is 620 g/mol. The Kier molecular flexibility index (Phi) is 11.2. The lowest BCUT2D eigenvalue weighted by Gasteiger charge is -2.36. The van der Waals surface area contributed by atoms with E-state index in [-0.39, 0.29) is 26.2 Å². The average Bonchev–Trinajstić information content (AvgIpc) is 3.44. The Bertz CT molecular complexity index is 1610. The summed E-state index contributed by atoms with van der Waals surface area (Å²) in [5, 5.41) is 2.60. The summed E-state index contributed by atoms with van der Waals surface area (Å²) >= 11 is 0. The normalized spacial score (nSPS) is 15.0. The van der Waals surface area contributed by atoms with Crippen molar-refractivity contribution in [3.05, 3.63) is 89.5 Å². The van der Waals surface area contributed by atoms with E-state index in [0.717, 1.165) is 10.5 Å². The molecule has 1 aliphatic rings. The first-order chi connectivity index (χ1) is 22.6. The number of fused-ring (bicyclic) bond motifs is 1. The standard InChI is InChI=1S/C35H42N4O9/c1-34(2,3)47-32(43)38-19-28-25(36-22-39(28)33(44)48-35(4,5)6)17-27(38)30(41)37-26(31(42)46-21-24-15-11-8-12-16-24)18-29(40)45-20-23-13-9-7-10-14-23/h7-16,22,26-27H,17-21H2,1-6H3,(H,37,41)/t26-,27?/m0/s1. The van der Waals surface area contributed by atoms with Gasteiger partial charge in [-0.1, -0.05) is 60.7 Å². The van der Waals surface area contributed by atoms with Gasteiger partial charge in [0, 0.05) is 6.42 Å². The average molecular weight is 663 g/mol. The molecule has 0 radical (unpaired) electrons. The molecule has 0 spiro atoms. The third-order valence-corrected chi connectivity index (χ3v) is 7.00. The molecule has 256 valence electrons. The summed E-state index contributed by atoms with van der Waals surface area (Å²) in [6.07, 6.45) is -0.877. The Morgan fingerprint density at radius 2 is 1.35 bits per heavy atom. The summed E-state index contributed by atoms with van der Waals surface area (Å²) in [6.45, 7) is 9.87. The van der Waals surface area contributed by atoms with Gasteiger partial charge in [-0.25, -0.2) is 23.9 Å². The third-order valence-electron chi connectivity index (χ3n) is 7.00. The maximum Gasteiger partial charge on any atom is 0.420 e. The lowest BCUT2D eigenvalue weighted by atomic mass is 10.0. The quantitative estimate of drug-likeness (QED) is 0.252. The lowest BCUT2D eigenvalue weighted by molar-refractivity contribution is -0.155. The predicted octanol–water partition coefficient (Wildman–Crippen LogP) is 4.69. The second-order valence-corrected chi connectivity index (χ2v) is 13.3. The minimum absolute atomic E-state index is 0.0302. The van der Waals surface area contributed by atoms with E-state index in [1.165, 1.54) is 10.9 Å². The third kappa shape index (κ3) is 10.1. The predicted molar refractivity (Wildman–Crippen MR) is 172 cm³/mol. The van der Waals surface area contributed by atoms with Crippen LogP contribution in [0.25, 0.3) is 0 Å². The highest BCUT2D eigenvalue weighted by Crippen LogP contribution is 2.26. The van der Waals surface area contributed by atoms with Crippen molar-refractivity contribution in [3.8, 4) is 0 Å². The maximum absolute atomic E-state index is 13.9.